The van der Waals surface area contributed by atoms with Crippen molar-refractivity contribution < 1.29 is 24.2 Å². The lowest BCUT2D eigenvalue weighted by Gasteiger charge is -2.43. The first-order valence-corrected chi connectivity index (χ1v) is 13.8. The molecule has 7 nitrogen and oxygen atoms in total. The fourth-order valence-electron chi connectivity index (χ4n) is 5.16. The predicted molar refractivity (Wildman–Crippen MR) is 150 cm³/mol. The Morgan fingerprint density at radius 1 is 1.18 bits per heavy atom. The molecule has 1 aliphatic heterocycles. The molecule has 3 rings (SSSR count). The summed E-state index contributed by atoms with van der Waals surface area (Å²) in [5.41, 5.74) is 1.73. The molecule has 208 valence electrons. The van der Waals surface area contributed by atoms with E-state index in [1.165, 1.54) is 12.7 Å². The topological polar surface area (TPSA) is 88.1 Å². The Hall–Kier alpha value is -2.77. The van der Waals surface area contributed by atoms with Crippen LogP contribution in [0.5, 0.6) is 0 Å². The van der Waals surface area contributed by atoms with Gasteiger partial charge in [-0.1, -0.05) is 54.9 Å². The van der Waals surface area contributed by atoms with Crippen molar-refractivity contribution in [2.24, 2.45) is 5.92 Å². The van der Waals surface area contributed by atoms with Gasteiger partial charge in [-0.3, -0.25) is 0 Å². The number of piperidine rings is 1. The van der Waals surface area contributed by atoms with Gasteiger partial charge in [-0.25, -0.2) is 9.59 Å². The van der Waals surface area contributed by atoms with Crippen LogP contribution in [0.3, 0.4) is 0 Å². The molecule has 2 N–H and O–H groups in total. The van der Waals surface area contributed by atoms with E-state index in [2.05, 4.69) is 29.1 Å². The van der Waals surface area contributed by atoms with Crippen LogP contribution in [0.2, 0.25) is 5.02 Å². The van der Waals surface area contributed by atoms with Gasteiger partial charge in [0, 0.05) is 36.1 Å². The number of amides is 2. The van der Waals surface area contributed by atoms with Crippen LogP contribution < -0.4 is 5.32 Å². The largest absolute Gasteiger partial charge is 0.453 e. The highest BCUT2D eigenvalue weighted by atomic mass is 35.5. The Morgan fingerprint density at radius 3 is 2.61 bits per heavy atom. The van der Waals surface area contributed by atoms with E-state index in [1.54, 1.807) is 4.90 Å². The highest BCUT2D eigenvalue weighted by molar-refractivity contribution is 6.33. The Balaban J connectivity index is 2.02. The Bertz CT molecular complexity index is 1120. The Morgan fingerprint density at radius 2 is 1.92 bits per heavy atom. The fraction of sp³-hybridized carbons (Fsp3) is 0.533. The molecule has 8 heteroatoms. The second-order valence-corrected chi connectivity index (χ2v) is 11.3. The SMILES string of the molecule is CCc1cccc(-c2c(Cl)cccc2[C@](O)(CCCNC(=O)OC)[C@@H]2CCCN(C(=O)OC(C)(C)C)C2)c1. The van der Waals surface area contributed by atoms with Crippen molar-refractivity contribution in [3.63, 3.8) is 0 Å². The van der Waals surface area contributed by atoms with E-state index in [9.17, 15) is 14.7 Å². The van der Waals surface area contributed by atoms with Gasteiger partial charge in [0.15, 0.2) is 0 Å². The lowest BCUT2D eigenvalue weighted by Crippen LogP contribution is -2.49. The molecule has 0 radical (unpaired) electrons. The number of benzene rings is 2. The number of methoxy groups -OCH3 is 1. The van der Waals surface area contributed by atoms with Gasteiger partial charge in [-0.05, 0) is 75.6 Å². The number of alkyl carbamates (subject to hydrolysis) is 1. The zero-order valence-electron chi connectivity index (χ0n) is 23.2. The molecule has 0 unspecified atom stereocenters. The highest BCUT2D eigenvalue weighted by Crippen LogP contribution is 2.45. The van der Waals surface area contributed by atoms with Crippen LogP contribution in [0, 0.1) is 5.92 Å². The molecule has 1 fully saturated rings. The molecule has 1 aliphatic rings. The molecule has 2 amide bonds. The lowest BCUT2D eigenvalue weighted by molar-refractivity contribution is -0.0629. The number of likely N-dealkylation sites (tertiary alicyclic amines) is 1. The summed E-state index contributed by atoms with van der Waals surface area (Å²) in [7, 11) is 1.32. The first-order valence-electron chi connectivity index (χ1n) is 13.4. The minimum Gasteiger partial charge on any atom is -0.453 e. The minimum atomic E-state index is -1.30. The normalized spacial score (nSPS) is 17.4. The highest BCUT2D eigenvalue weighted by Gasteiger charge is 2.43. The third kappa shape index (κ3) is 7.41. The number of hydrogen-bond donors (Lipinski definition) is 2. The van der Waals surface area contributed by atoms with Crippen LogP contribution in [0.15, 0.2) is 42.5 Å². The quantitative estimate of drug-likeness (QED) is 0.368. The molecule has 0 spiro atoms. The number of carbonyl (C=O) groups is 2. The molecule has 2 aromatic carbocycles. The summed E-state index contributed by atoms with van der Waals surface area (Å²) in [4.78, 5) is 26.3. The van der Waals surface area contributed by atoms with Crippen LogP contribution >= 0.6 is 11.6 Å². The minimum absolute atomic E-state index is 0.256. The van der Waals surface area contributed by atoms with Crippen molar-refractivity contribution in [1.82, 2.24) is 10.2 Å². The zero-order chi connectivity index (χ0) is 27.9. The number of halogens is 1. The molecule has 0 aliphatic carbocycles. The summed E-state index contributed by atoms with van der Waals surface area (Å²) >= 11 is 6.81. The van der Waals surface area contributed by atoms with E-state index in [0.717, 1.165) is 36.0 Å². The number of carbonyl (C=O) groups excluding carboxylic acids is 2. The van der Waals surface area contributed by atoms with Gasteiger partial charge in [-0.15, -0.1) is 0 Å². The van der Waals surface area contributed by atoms with Gasteiger partial charge in [0.1, 0.15) is 5.60 Å². The number of aliphatic hydroxyl groups is 1. The van der Waals surface area contributed by atoms with E-state index >= 15 is 0 Å². The monoisotopic (exact) mass is 544 g/mol. The molecule has 1 saturated heterocycles. The van der Waals surface area contributed by atoms with E-state index in [-0.39, 0.29) is 12.0 Å². The average molecular weight is 545 g/mol. The predicted octanol–water partition coefficient (Wildman–Crippen LogP) is 6.54. The number of nitrogens with zero attached hydrogens (tertiary/aromatic N) is 1. The summed E-state index contributed by atoms with van der Waals surface area (Å²) in [6, 6.07) is 13.8. The Kier molecular flexibility index (Phi) is 10.1. The maximum absolute atomic E-state index is 12.9. The fourth-order valence-corrected chi connectivity index (χ4v) is 5.45. The number of nitrogens with one attached hydrogen (secondary N) is 1. The molecule has 2 atom stereocenters. The van der Waals surface area contributed by atoms with E-state index in [4.69, 9.17) is 16.3 Å². The molecular weight excluding hydrogens is 504 g/mol. The number of rotatable bonds is 8. The summed E-state index contributed by atoms with van der Waals surface area (Å²) in [5.74, 6) is -0.256. The molecular formula is C30H41ClN2O5. The van der Waals surface area contributed by atoms with E-state index in [1.807, 2.05) is 51.1 Å². The molecule has 38 heavy (non-hydrogen) atoms. The number of aryl methyl sites for hydroxylation is 1. The molecule has 0 saturated carbocycles. The smallest absolute Gasteiger partial charge is 0.410 e. The van der Waals surface area contributed by atoms with Crippen molar-refractivity contribution in [3.05, 3.63) is 58.6 Å². The van der Waals surface area contributed by atoms with Crippen LogP contribution in [0.1, 0.15) is 64.5 Å². The lowest BCUT2D eigenvalue weighted by atomic mass is 9.72. The maximum Gasteiger partial charge on any atom is 0.410 e. The van der Waals surface area contributed by atoms with Crippen LogP contribution in [0.4, 0.5) is 9.59 Å². The van der Waals surface area contributed by atoms with Gasteiger partial charge in [-0.2, -0.15) is 0 Å². The number of ether oxygens (including phenoxy) is 2. The van der Waals surface area contributed by atoms with Gasteiger partial charge in [0.25, 0.3) is 0 Å². The first-order chi connectivity index (χ1) is 18.0. The van der Waals surface area contributed by atoms with Crippen LogP contribution in [0.25, 0.3) is 11.1 Å². The Labute approximate surface area is 231 Å². The second kappa shape index (κ2) is 12.9. The molecule has 2 aromatic rings. The van der Waals surface area contributed by atoms with Crippen LogP contribution in [-0.4, -0.2) is 54.5 Å². The third-order valence-electron chi connectivity index (χ3n) is 7.04. The second-order valence-electron chi connectivity index (χ2n) is 10.9. The molecule has 1 heterocycles. The van der Waals surface area contributed by atoms with Crippen molar-refractivity contribution in [2.75, 3.05) is 26.7 Å². The average Bonchev–Trinajstić information content (AvgIpc) is 2.89. The van der Waals surface area contributed by atoms with Gasteiger partial charge in [0.2, 0.25) is 0 Å². The van der Waals surface area contributed by atoms with Gasteiger partial charge >= 0.3 is 12.2 Å². The third-order valence-corrected chi connectivity index (χ3v) is 7.36. The summed E-state index contributed by atoms with van der Waals surface area (Å²) in [6.07, 6.45) is 2.35. The van der Waals surface area contributed by atoms with Gasteiger partial charge in [0.05, 0.1) is 12.7 Å². The first kappa shape index (κ1) is 29.8. The van der Waals surface area contributed by atoms with Crippen molar-refractivity contribution in [1.29, 1.82) is 0 Å². The number of hydrogen-bond acceptors (Lipinski definition) is 5. The molecule has 0 aromatic heterocycles. The standard InChI is InChI=1S/C30H41ClN2O5/c1-6-21-11-7-12-22(19-21)26-24(14-8-15-25(26)31)30(36,16-10-17-32-27(34)37-5)23-13-9-18-33(20-23)28(35)38-29(2,3)4/h7-8,11-12,14-15,19,23,36H,6,9-10,13,16-18,20H2,1-5H3,(H,32,34)/t23-,30+/m1/s1. The van der Waals surface area contributed by atoms with Crippen molar-refractivity contribution in [3.8, 4) is 11.1 Å². The van der Waals surface area contributed by atoms with Crippen molar-refractivity contribution in [2.45, 2.75) is 71.0 Å². The van der Waals surface area contributed by atoms with E-state index in [0.29, 0.717) is 37.5 Å². The summed E-state index contributed by atoms with van der Waals surface area (Å²) < 4.78 is 10.3. The molecule has 0 bridgehead atoms. The van der Waals surface area contributed by atoms with Crippen molar-refractivity contribution >= 4 is 23.8 Å². The van der Waals surface area contributed by atoms with Gasteiger partial charge < -0.3 is 24.8 Å². The summed E-state index contributed by atoms with van der Waals surface area (Å²) in [6.45, 7) is 8.92. The summed E-state index contributed by atoms with van der Waals surface area (Å²) in [5, 5.41) is 15.8. The maximum atomic E-state index is 12.9. The zero-order valence-corrected chi connectivity index (χ0v) is 23.9. The van der Waals surface area contributed by atoms with Crippen LogP contribution in [-0.2, 0) is 21.5 Å². The van der Waals surface area contributed by atoms with E-state index < -0.39 is 17.3 Å².